The minimum atomic E-state index is 0.0762. The van der Waals surface area contributed by atoms with Gasteiger partial charge in [-0.05, 0) is 35.7 Å². The summed E-state index contributed by atoms with van der Waals surface area (Å²) in [4.78, 5) is 11.8. The highest BCUT2D eigenvalue weighted by molar-refractivity contribution is 5.85. The third-order valence-corrected chi connectivity index (χ3v) is 3.13. The molecule has 0 bridgehead atoms. The minimum Gasteiger partial charge on any atom is -0.356 e. The van der Waals surface area contributed by atoms with Crippen LogP contribution in [0.25, 0.3) is 10.8 Å². The van der Waals surface area contributed by atoms with Gasteiger partial charge in [-0.1, -0.05) is 42.5 Å². The number of carbonyl (C=O) groups is 1. The lowest BCUT2D eigenvalue weighted by Crippen LogP contribution is -2.26. The summed E-state index contributed by atoms with van der Waals surface area (Å²) in [6.45, 7) is 1.39. The first-order chi connectivity index (χ1) is 9.29. The number of hydrogen-bond donors (Lipinski definition) is 2. The molecule has 0 spiro atoms. The van der Waals surface area contributed by atoms with Gasteiger partial charge in [0, 0.05) is 6.54 Å². The van der Waals surface area contributed by atoms with Gasteiger partial charge in [0.15, 0.2) is 0 Å². The smallest absolute Gasteiger partial charge is 0.224 e. The van der Waals surface area contributed by atoms with E-state index < -0.39 is 0 Å². The van der Waals surface area contributed by atoms with Crippen molar-refractivity contribution in [1.82, 2.24) is 5.32 Å². The van der Waals surface area contributed by atoms with Gasteiger partial charge in [0.25, 0.3) is 0 Å². The molecule has 0 aliphatic carbocycles. The number of rotatable bonds is 6. The van der Waals surface area contributed by atoms with Gasteiger partial charge in [-0.3, -0.25) is 4.79 Å². The molecule has 0 saturated heterocycles. The van der Waals surface area contributed by atoms with Crippen molar-refractivity contribution in [2.45, 2.75) is 19.3 Å². The summed E-state index contributed by atoms with van der Waals surface area (Å²) in [5.41, 5.74) is 6.46. The Morgan fingerprint density at radius 1 is 1.05 bits per heavy atom. The summed E-state index contributed by atoms with van der Waals surface area (Å²) >= 11 is 0. The van der Waals surface area contributed by atoms with E-state index in [9.17, 15) is 4.79 Å². The molecule has 2 aromatic carbocycles. The van der Waals surface area contributed by atoms with Crippen molar-refractivity contribution in [2.75, 3.05) is 13.1 Å². The molecule has 0 heterocycles. The Kier molecular flexibility index (Phi) is 4.93. The molecule has 19 heavy (non-hydrogen) atoms. The van der Waals surface area contributed by atoms with Crippen LogP contribution in [0.3, 0.4) is 0 Å². The van der Waals surface area contributed by atoms with E-state index in [-0.39, 0.29) is 5.91 Å². The summed E-state index contributed by atoms with van der Waals surface area (Å²) in [6, 6.07) is 14.3. The molecule has 0 aliphatic rings. The fourth-order valence-electron chi connectivity index (χ4n) is 2.09. The summed E-state index contributed by atoms with van der Waals surface area (Å²) in [5, 5.41) is 5.30. The lowest BCUT2D eigenvalue weighted by Gasteiger charge is -2.06. The van der Waals surface area contributed by atoms with Crippen molar-refractivity contribution in [1.29, 1.82) is 0 Å². The molecule has 2 rings (SSSR count). The van der Waals surface area contributed by atoms with E-state index in [0.29, 0.717) is 19.5 Å². The molecule has 0 aliphatic heterocycles. The number of unbranched alkanes of at least 4 members (excludes halogenated alkanes) is 1. The fourth-order valence-corrected chi connectivity index (χ4v) is 2.09. The number of benzene rings is 2. The van der Waals surface area contributed by atoms with Crippen LogP contribution >= 0.6 is 0 Å². The molecule has 0 radical (unpaired) electrons. The van der Waals surface area contributed by atoms with E-state index in [1.807, 2.05) is 18.2 Å². The maximum atomic E-state index is 11.8. The lowest BCUT2D eigenvalue weighted by atomic mass is 10.0. The molecule has 3 heteroatoms. The largest absolute Gasteiger partial charge is 0.356 e. The number of fused-ring (bicyclic) bond motifs is 1. The number of carbonyl (C=O) groups excluding carboxylic acids is 1. The highest BCUT2D eigenvalue weighted by Crippen LogP contribution is 2.15. The average molecular weight is 256 g/mol. The third kappa shape index (κ3) is 4.07. The second-order valence-electron chi connectivity index (χ2n) is 4.70. The van der Waals surface area contributed by atoms with Crippen molar-refractivity contribution >= 4 is 16.7 Å². The van der Waals surface area contributed by atoms with Gasteiger partial charge in [0.05, 0.1) is 6.42 Å². The second kappa shape index (κ2) is 6.90. The van der Waals surface area contributed by atoms with Crippen LogP contribution < -0.4 is 11.1 Å². The topological polar surface area (TPSA) is 55.1 Å². The van der Waals surface area contributed by atoms with E-state index in [0.717, 1.165) is 18.4 Å². The Bertz CT molecular complexity index is 551. The van der Waals surface area contributed by atoms with Crippen molar-refractivity contribution in [2.24, 2.45) is 5.73 Å². The van der Waals surface area contributed by atoms with Gasteiger partial charge in [-0.2, -0.15) is 0 Å². The molecule has 0 saturated carbocycles. The van der Waals surface area contributed by atoms with E-state index in [4.69, 9.17) is 5.73 Å². The first-order valence-corrected chi connectivity index (χ1v) is 6.74. The van der Waals surface area contributed by atoms with Crippen molar-refractivity contribution in [3.05, 3.63) is 48.0 Å². The standard InChI is InChI=1S/C16H20N2O/c17-9-3-4-10-18-16(19)12-13-7-8-14-5-1-2-6-15(14)11-13/h1-2,5-8,11H,3-4,9-10,12,17H2,(H,18,19). The van der Waals surface area contributed by atoms with E-state index in [2.05, 4.69) is 29.6 Å². The molecule has 1 amide bonds. The molecule has 2 aromatic rings. The summed E-state index contributed by atoms with van der Waals surface area (Å²) in [6.07, 6.45) is 2.34. The highest BCUT2D eigenvalue weighted by atomic mass is 16.1. The first kappa shape index (κ1) is 13.6. The van der Waals surface area contributed by atoms with Crippen LogP contribution in [0.5, 0.6) is 0 Å². The van der Waals surface area contributed by atoms with Crippen LogP contribution in [0.4, 0.5) is 0 Å². The van der Waals surface area contributed by atoms with Crippen LogP contribution in [-0.2, 0) is 11.2 Å². The lowest BCUT2D eigenvalue weighted by molar-refractivity contribution is -0.120. The number of hydrogen-bond acceptors (Lipinski definition) is 2. The molecule has 0 atom stereocenters. The first-order valence-electron chi connectivity index (χ1n) is 6.74. The average Bonchev–Trinajstić information content (AvgIpc) is 2.43. The van der Waals surface area contributed by atoms with Crippen LogP contribution in [0.1, 0.15) is 18.4 Å². The molecular weight excluding hydrogens is 236 g/mol. The van der Waals surface area contributed by atoms with Gasteiger partial charge >= 0.3 is 0 Å². The number of nitrogens with two attached hydrogens (primary N) is 1. The molecule has 0 unspecified atom stereocenters. The monoisotopic (exact) mass is 256 g/mol. The zero-order chi connectivity index (χ0) is 13.5. The van der Waals surface area contributed by atoms with Gasteiger partial charge < -0.3 is 11.1 Å². The Morgan fingerprint density at radius 2 is 1.84 bits per heavy atom. The maximum Gasteiger partial charge on any atom is 0.224 e. The number of amides is 1. The normalized spacial score (nSPS) is 10.6. The Hall–Kier alpha value is -1.87. The molecule has 100 valence electrons. The molecule has 0 fully saturated rings. The zero-order valence-corrected chi connectivity index (χ0v) is 11.1. The molecule has 0 aromatic heterocycles. The third-order valence-electron chi connectivity index (χ3n) is 3.13. The molecule has 3 nitrogen and oxygen atoms in total. The predicted octanol–water partition coefficient (Wildman–Crippen LogP) is 2.24. The van der Waals surface area contributed by atoms with Crippen molar-refractivity contribution < 1.29 is 4.79 Å². The van der Waals surface area contributed by atoms with E-state index >= 15 is 0 Å². The Balaban J connectivity index is 1.91. The summed E-state index contributed by atoms with van der Waals surface area (Å²) in [7, 11) is 0. The van der Waals surface area contributed by atoms with Crippen LogP contribution in [0, 0.1) is 0 Å². The molecule has 3 N–H and O–H groups in total. The SMILES string of the molecule is NCCCCNC(=O)Cc1ccc2ccccc2c1. The number of nitrogens with one attached hydrogen (secondary N) is 1. The Morgan fingerprint density at radius 3 is 2.63 bits per heavy atom. The predicted molar refractivity (Wildman–Crippen MR) is 79.0 cm³/mol. The zero-order valence-electron chi connectivity index (χ0n) is 11.1. The van der Waals surface area contributed by atoms with Gasteiger partial charge in [-0.25, -0.2) is 0 Å². The van der Waals surface area contributed by atoms with Crippen LogP contribution in [0.2, 0.25) is 0 Å². The van der Waals surface area contributed by atoms with E-state index in [1.54, 1.807) is 0 Å². The van der Waals surface area contributed by atoms with Gasteiger partial charge in [0.2, 0.25) is 5.91 Å². The van der Waals surface area contributed by atoms with Crippen molar-refractivity contribution in [3.8, 4) is 0 Å². The summed E-state index contributed by atoms with van der Waals surface area (Å²) in [5.74, 6) is 0.0762. The second-order valence-corrected chi connectivity index (χ2v) is 4.70. The quantitative estimate of drug-likeness (QED) is 0.779. The van der Waals surface area contributed by atoms with Crippen LogP contribution in [0.15, 0.2) is 42.5 Å². The van der Waals surface area contributed by atoms with Gasteiger partial charge in [-0.15, -0.1) is 0 Å². The minimum absolute atomic E-state index is 0.0762. The fraction of sp³-hybridized carbons (Fsp3) is 0.312. The maximum absolute atomic E-state index is 11.8. The summed E-state index contributed by atoms with van der Waals surface area (Å²) < 4.78 is 0. The van der Waals surface area contributed by atoms with Crippen molar-refractivity contribution in [3.63, 3.8) is 0 Å². The molecular formula is C16H20N2O. The van der Waals surface area contributed by atoms with Gasteiger partial charge in [0.1, 0.15) is 0 Å². The van der Waals surface area contributed by atoms with E-state index in [1.165, 1.54) is 10.8 Å². The Labute approximate surface area is 113 Å². The highest BCUT2D eigenvalue weighted by Gasteiger charge is 2.03. The van der Waals surface area contributed by atoms with Crippen LogP contribution in [-0.4, -0.2) is 19.0 Å².